The molecule has 2 aromatic carbocycles. The van der Waals surface area contributed by atoms with E-state index in [-0.39, 0.29) is 13.1 Å². The van der Waals surface area contributed by atoms with Crippen LogP contribution in [0, 0.1) is 6.92 Å². The van der Waals surface area contributed by atoms with Crippen molar-refractivity contribution < 1.29 is 19.8 Å². The molecule has 0 aromatic heterocycles. The number of halogens is 1. The Bertz CT molecular complexity index is 766. The molecular formula is C18H19BrN2O4. The highest BCUT2D eigenvalue weighted by atomic mass is 79.9. The predicted molar refractivity (Wildman–Crippen MR) is 98.5 cm³/mol. The number of aliphatic hydroxyl groups is 1. The van der Waals surface area contributed by atoms with Crippen LogP contribution in [-0.4, -0.2) is 40.2 Å². The number of aliphatic hydroxyl groups excluding tert-OH is 1. The van der Waals surface area contributed by atoms with Crippen LogP contribution < -0.4 is 5.32 Å². The first-order chi connectivity index (χ1) is 11.9. The molecule has 3 N–H and O–H groups in total. The minimum atomic E-state index is -1.27. The van der Waals surface area contributed by atoms with Crippen molar-refractivity contribution in [2.75, 3.05) is 18.4 Å². The molecule has 0 aliphatic carbocycles. The maximum Gasteiger partial charge on any atom is 0.407 e. The van der Waals surface area contributed by atoms with Gasteiger partial charge in [-0.05, 0) is 36.2 Å². The van der Waals surface area contributed by atoms with Gasteiger partial charge < -0.3 is 15.5 Å². The smallest absolute Gasteiger partial charge is 0.407 e. The minimum absolute atomic E-state index is 0.201. The zero-order valence-corrected chi connectivity index (χ0v) is 15.2. The topological polar surface area (TPSA) is 89.9 Å². The van der Waals surface area contributed by atoms with Crippen molar-refractivity contribution >= 4 is 33.6 Å². The molecule has 2 amide bonds. The Hall–Kier alpha value is -2.38. The maximum absolute atomic E-state index is 12.1. The van der Waals surface area contributed by atoms with Gasteiger partial charge in [-0.3, -0.25) is 9.69 Å². The number of aryl methyl sites for hydroxylation is 1. The molecule has 2 rings (SSSR count). The van der Waals surface area contributed by atoms with Gasteiger partial charge in [0.2, 0.25) is 5.91 Å². The second kappa shape index (κ2) is 8.64. The number of amides is 2. The van der Waals surface area contributed by atoms with Gasteiger partial charge in [-0.15, -0.1) is 0 Å². The number of hydrogen-bond acceptors (Lipinski definition) is 3. The Labute approximate surface area is 154 Å². The molecule has 0 spiro atoms. The SMILES string of the molecule is Cc1ccccc1NC(=O)CN(CC(O)c1cccc(Br)c1)C(=O)O. The molecule has 25 heavy (non-hydrogen) atoms. The van der Waals surface area contributed by atoms with Gasteiger partial charge in [-0.1, -0.05) is 46.3 Å². The van der Waals surface area contributed by atoms with E-state index < -0.39 is 18.1 Å². The van der Waals surface area contributed by atoms with E-state index in [9.17, 15) is 19.8 Å². The number of carboxylic acid groups (broad SMARTS) is 1. The van der Waals surface area contributed by atoms with Gasteiger partial charge in [0.05, 0.1) is 12.6 Å². The zero-order chi connectivity index (χ0) is 18.4. The van der Waals surface area contributed by atoms with Crippen LogP contribution in [0.2, 0.25) is 0 Å². The number of rotatable bonds is 6. The molecule has 0 bridgehead atoms. The molecule has 0 radical (unpaired) electrons. The van der Waals surface area contributed by atoms with Crippen LogP contribution in [0.25, 0.3) is 0 Å². The van der Waals surface area contributed by atoms with Gasteiger partial charge >= 0.3 is 6.09 Å². The van der Waals surface area contributed by atoms with Crippen molar-refractivity contribution in [1.82, 2.24) is 4.90 Å². The molecular weight excluding hydrogens is 388 g/mol. The van der Waals surface area contributed by atoms with Gasteiger partial charge in [-0.2, -0.15) is 0 Å². The first-order valence-corrected chi connectivity index (χ1v) is 8.43. The molecule has 0 fully saturated rings. The van der Waals surface area contributed by atoms with Gasteiger partial charge in [-0.25, -0.2) is 4.79 Å². The van der Waals surface area contributed by atoms with E-state index in [0.717, 1.165) is 14.9 Å². The van der Waals surface area contributed by atoms with E-state index in [1.165, 1.54) is 0 Å². The first kappa shape index (κ1) is 19.0. The van der Waals surface area contributed by atoms with E-state index in [2.05, 4.69) is 21.2 Å². The average molecular weight is 407 g/mol. The summed E-state index contributed by atoms with van der Waals surface area (Å²) in [6, 6.07) is 14.2. The van der Waals surface area contributed by atoms with Crippen LogP contribution in [0.15, 0.2) is 53.0 Å². The fraction of sp³-hybridized carbons (Fsp3) is 0.222. The largest absolute Gasteiger partial charge is 0.465 e. The average Bonchev–Trinajstić information content (AvgIpc) is 2.56. The lowest BCUT2D eigenvalue weighted by Crippen LogP contribution is -2.39. The third kappa shape index (κ3) is 5.58. The molecule has 2 aromatic rings. The number of benzene rings is 2. The van der Waals surface area contributed by atoms with E-state index >= 15 is 0 Å². The third-order valence-electron chi connectivity index (χ3n) is 3.65. The van der Waals surface area contributed by atoms with Crippen molar-refractivity contribution in [2.24, 2.45) is 0 Å². The van der Waals surface area contributed by atoms with Crippen molar-refractivity contribution in [3.63, 3.8) is 0 Å². The second-order valence-corrected chi connectivity index (χ2v) is 6.51. The summed E-state index contributed by atoms with van der Waals surface area (Å²) in [5.74, 6) is -0.460. The van der Waals surface area contributed by atoms with E-state index in [4.69, 9.17) is 0 Å². The summed E-state index contributed by atoms with van der Waals surface area (Å²) in [5, 5.41) is 22.3. The van der Waals surface area contributed by atoms with Crippen molar-refractivity contribution in [3.8, 4) is 0 Å². The minimum Gasteiger partial charge on any atom is -0.465 e. The van der Waals surface area contributed by atoms with E-state index in [0.29, 0.717) is 11.3 Å². The Morgan fingerprint density at radius 1 is 1.20 bits per heavy atom. The molecule has 1 unspecified atom stereocenters. The summed E-state index contributed by atoms with van der Waals surface area (Å²) in [4.78, 5) is 24.4. The normalized spacial score (nSPS) is 11.6. The van der Waals surface area contributed by atoms with Crippen LogP contribution in [0.5, 0.6) is 0 Å². The van der Waals surface area contributed by atoms with Gasteiger partial charge in [0.1, 0.15) is 6.54 Å². The molecule has 0 heterocycles. The van der Waals surface area contributed by atoms with Crippen LogP contribution in [0.4, 0.5) is 10.5 Å². The summed E-state index contributed by atoms with van der Waals surface area (Å²) in [6.45, 7) is 1.28. The molecule has 0 saturated heterocycles. The molecule has 132 valence electrons. The van der Waals surface area contributed by atoms with Crippen molar-refractivity contribution in [1.29, 1.82) is 0 Å². The monoisotopic (exact) mass is 406 g/mol. The lowest BCUT2D eigenvalue weighted by molar-refractivity contribution is -0.117. The number of anilines is 1. The van der Waals surface area contributed by atoms with Gasteiger partial charge in [0.15, 0.2) is 0 Å². The summed E-state index contributed by atoms with van der Waals surface area (Å²) < 4.78 is 0.781. The fourth-order valence-electron chi connectivity index (χ4n) is 2.31. The zero-order valence-electron chi connectivity index (χ0n) is 13.6. The van der Waals surface area contributed by atoms with Crippen LogP contribution in [0.1, 0.15) is 17.2 Å². The number of nitrogens with zero attached hydrogens (tertiary/aromatic N) is 1. The summed E-state index contributed by atoms with van der Waals surface area (Å²) in [6.07, 6.45) is -2.30. The lowest BCUT2D eigenvalue weighted by Gasteiger charge is -2.22. The highest BCUT2D eigenvalue weighted by Gasteiger charge is 2.21. The quantitative estimate of drug-likeness (QED) is 0.685. The van der Waals surface area contributed by atoms with E-state index in [1.807, 2.05) is 19.1 Å². The first-order valence-electron chi connectivity index (χ1n) is 7.63. The highest BCUT2D eigenvalue weighted by Crippen LogP contribution is 2.19. The number of carbonyl (C=O) groups excluding carboxylic acids is 1. The number of nitrogens with one attached hydrogen (secondary N) is 1. The Morgan fingerprint density at radius 3 is 2.56 bits per heavy atom. The highest BCUT2D eigenvalue weighted by molar-refractivity contribution is 9.10. The van der Waals surface area contributed by atoms with Gasteiger partial charge in [0, 0.05) is 10.2 Å². The Balaban J connectivity index is 2.02. The molecule has 6 nitrogen and oxygen atoms in total. The number of para-hydroxylation sites is 1. The summed E-state index contributed by atoms with van der Waals surface area (Å²) >= 11 is 3.30. The van der Waals surface area contributed by atoms with Crippen molar-refractivity contribution in [3.05, 3.63) is 64.1 Å². The molecule has 0 saturated carbocycles. The molecule has 0 aliphatic heterocycles. The Morgan fingerprint density at radius 2 is 1.92 bits per heavy atom. The molecule has 7 heteroatoms. The number of carbonyl (C=O) groups is 2. The van der Waals surface area contributed by atoms with Crippen LogP contribution in [0.3, 0.4) is 0 Å². The van der Waals surface area contributed by atoms with E-state index in [1.54, 1.807) is 36.4 Å². The van der Waals surface area contributed by atoms with Crippen LogP contribution in [-0.2, 0) is 4.79 Å². The second-order valence-electron chi connectivity index (χ2n) is 5.60. The van der Waals surface area contributed by atoms with Gasteiger partial charge in [0.25, 0.3) is 0 Å². The van der Waals surface area contributed by atoms with Crippen LogP contribution >= 0.6 is 15.9 Å². The standard InChI is InChI=1S/C18H19BrN2O4/c1-12-5-2-3-8-15(12)20-17(23)11-21(18(24)25)10-16(22)13-6-4-7-14(19)9-13/h2-9,16,22H,10-11H2,1H3,(H,20,23)(H,24,25). The fourth-order valence-corrected chi connectivity index (χ4v) is 2.73. The predicted octanol–water partition coefficient (Wildman–Crippen LogP) is 3.41. The molecule has 1 atom stereocenters. The lowest BCUT2D eigenvalue weighted by atomic mass is 10.1. The molecule has 0 aliphatic rings. The Kier molecular flexibility index (Phi) is 6.55. The summed E-state index contributed by atoms with van der Waals surface area (Å²) in [5.41, 5.74) is 2.08. The third-order valence-corrected chi connectivity index (χ3v) is 4.14. The summed E-state index contributed by atoms with van der Waals surface area (Å²) in [7, 11) is 0. The van der Waals surface area contributed by atoms with Crippen molar-refractivity contribution in [2.45, 2.75) is 13.0 Å². The number of hydrogen-bond donors (Lipinski definition) is 3. The maximum atomic E-state index is 12.1.